The third-order valence-corrected chi connectivity index (χ3v) is 2.72. The van der Waals surface area contributed by atoms with E-state index in [0.29, 0.717) is 5.56 Å². The molecule has 0 heterocycles. The maximum absolute atomic E-state index is 13.9. The van der Waals surface area contributed by atoms with Crippen LogP contribution in [0, 0.1) is 12.8 Å². The predicted molar refractivity (Wildman–Crippen MR) is 49.7 cm³/mol. The van der Waals surface area contributed by atoms with Crippen LogP contribution in [0.3, 0.4) is 0 Å². The van der Waals surface area contributed by atoms with Gasteiger partial charge in [0.05, 0.1) is 5.92 Å². The first-order chi connectivity index (χ1) is 6.54. The van der Waals surface area contributed by atoms with Crippen molar-refractivity contribution in [2.75, 3.05) is 0 Å². The van der Waals surface area contributed by atoms with Crippen molar-refractivity contribution in [2.45, 2.75) is 19.0 Å². The number of aliphatic carboxylic acids is 1. The van der Waals surface area contributed by atoms with Gasteiger partial charge in [0.25, 0.3) is 0 Å². The van der Waals surface area contributed by atoms with Crippen molar-refractivity contribution in [2.24, 2.45) is 5.92 Å². The lowest BCUT2D eigenvalue weighted by Gasteiger charge is -2.06. The molecular weight excluding hydrogens is 183 g/mol. The Balaban J connectivity index is 2.25. The van der Waals surface area contributed by atoms with Crippen LogP contribution < -0.4 is 0 Å². The summed E-state index contributed by atoms with van der Waals surface area (Å²) in [6.45, 7) is 1.91. The van der Waals surface area contributed by atoms with Gasteiger partial charge in [0.15, 0.2) is 0 Å². The molecule has 1 saturated carbocycles. The molecule has 0 bridgehead atoms. The standard InChI is InChI=1S/C11H11FO2/c1-7-2-4-8(5-3-7)11(12)6-9(11)10(13)14/h2-5,9H,6H2,1H3,(H,13,14)/t9-,11-/m0/s1. The number of carboxylic acids is 1. The third-order valence-electron chi connectivity index (χ3n) is 2.72. The Kier molecular flexibility index (Phi) is 1.84. The lowest BCUT2D eigenvalue weighted by molar-refractivity contribution is -0.139. The van der Waals surface area contributed by atoms with Crippen molar-refractivity contribution in [1.82, 2.24) is 0 Å². The van der Waals surface area contributed by atoms with E-state index in [1.54, 1.807) is 24.3 Å². The number of halogens is 1. The Morgan fingerprint density at radius 1 is 1.50 bits per heavy atom. The molecule has 2 rings (SSSR count). The second-order valence-corrected chi connectivity index (χ2v) is 3.82. The maximum Gasteiger partial charge on any atom is 0.310 e. The Bertz CT molecular complexity index is 371. The van der Waals surface area contributed by atoms with Crippen LogP contribution in [0.25, 0.3) is 0 Å². The quantitative estimate of drug-likeness (QED) is 0.784. The number of carbonyl (C=O) groups is 1. The Hall–Kier alpha value is -1.38. The van der Waals surface area contributed by atoms with E-state index in [-0.39, 0.29) is 6.42 Å². The van der Waals surface area contributed by atoms with Crippen LogP contribution in [-0.2, 0) is 10.5 Å². The Labute approximate surface area is 81.4 Å². The van der Waals surface area contributed by atoms with E-state index in [0.717, 1.165) is 5.56 Å². The molecule has 0 amide bonds. The lowest BCUT2D eigenvalue weighted by atomic mass is 10.1. The number of alkyl halides is 1. The van der Waals surface area contributed by atoms with Gasteiger partial charge in [-0.05, 0) is 12.5 Å². The van der Waals surface area contributed by atoms with E-state index in [4.69, 9.17) is 5.11 Å². The van der Waals surface area contributed by atoms with Crippen molar-refractivity contribution >= 4 is 5.97 Å². The fourth-order valence-corrected chi connectivity index (χ4v) is 1.67. The van der Waals surface area contributed by atoms with Crippen LogP contribution in [0.2, 0.25) is 0 Å². The highest BCUT2D eigenvalue weighted by atomic mass is 19.1. The van der Waals surface area contributed by atoms with Gasteiger partial charge in [0.1, 0.15) is 5.67 Å². The van der Waals surface area contributed by atoms with Crippen LogP contribution in [-0.4, -0.2) is 11.1 Å². The highest BCUT2D eigenvalue weighted by Crippen LogP contribution is 2.55. The Morgan fingerprint density at radius 2 is 2.07 bits per heavy atom. The molecule has 0 spiro atoms. The van der Waals surface area contributed by atoms with Crippen LogP contribution in [0.4, 0.5) is 4.39 Å². The lowest BCUT2D eigenvalue weighted by Crippen LogP contribution is -2.09. The summed E-state index contributed by atoms with van der Waals surface area (Å²) < 4.78 is 13.9. The van der Waals surface area contributed by atoms with Crippen LogP contribution >= 0.6 is 0 Å². The van der Waals surface area contributed by atoms with Gasteiger partial charge in [-0.2, -0.15) is 0 Å². The summed E-state index contributed by atoms with van der Waals surface area (Å²) in [5, 5.41) is 8.66. The molecule has 74 valence electrons. The predicted octanol–water partition coefficient (Wildman–Crippen LogP) is 2.26. The molecule has 1 aliphatic rings. The Morgan fingerprint density at radius 3 is 2.50 bits per heavy atom. The highest BCUT2D eigenvalue weighted by Gasteiger charge is 2.61. The number of aryl methyl sites for hydroxylation is 1. The maximum atomic E-state index is 13.9. The highest BCUT2D eigenvalue weighted by molar-refractivity contribution is 5.76. The SMILES string of the molecule is Cc1ccc([C@@]2(F)C[C@H]2C(=O)O)cc1. The van der Waals surface area contributed by atoms with Crippen LogP contribution in [0.5, 0.6) is 0 Å². The minimum absolute atomic E-state index is 0.103. The van der Waals surface area contributed by atoms with Gasteiger partial charge in [-0.3, -0.25) is 4.79 Å². The molecule has 14 heavy (non-hydrogen) atoms. The van der Waals surface area contributed by atoms with Gasteiger partial charge in [-0.1, -0.05) is 29.8 Å². The topological polar surface area (TPSA) is 37.3 Å². The molecule has 1 fully saturated rings. The fraction of sp³-hybridized carbons (Fsp3) is 0.364. The van der Waals surface area contributed by atoms with Crippen molar-refractivity contribution in [3.63, 3.8) is 0 Å². The molecular formula is C11H11FO2. The number of carboxylic acid groups (broad SMARTS) is 1. The third kappa shape index (κ3) is 1.29. The van der Waals surface area contributed by atoms with Gasteiger partial charge in [-0.15, -0.1) is 0 Å². The molecule has 1 aromatic rings. The second-order valence-electron chi connectivity index (χ2n) is 3.82. The number of rotatable bonds is 2. The van der Waals surface area contributed by atoms with E-state index in [1.807, 2.05) is 6.92 Å². The zero-order valence-corrected chi connectivity index (χ0v) is 7.83. The van der Waals surface area contributed by atoms with E-state index >= 15 is 0 Å². The molecule has 3 heteroatoms. The van der Waals surface area contributed by atoms with Crippen LogP contribution in [0.1, 0.15) is 17.5 Å². The summed E-state index contributed by atoms with van der Waals surface area (Å²) in [5.74, 6) is -1.90. The fourth-order valence-electron chi connectivity index (χ4n) is 1.67. The normalized spacial score (nSPS) is 30.0. The summed E-state index contributed by atoms with van der Waals surface area (Å²) in [6.07, 6.45) is 0.103. The smallest absolute Gasteiger partial charge is 0.310 e. The van der Waals surface area contributed by atoms with Crippen molar-refractivity contribution in [1.29, 1.82) is 0 Å². The molecule has 0 saturated heterocycles. The van der Waals surface area contributed by atoms with Crippen molar-refractivity contribution < 1.29 is 14.3 Å². The van der Waals surface area contributed by atoms with Gasteiger partial charge in [0, 0.05) is 6.42 Å². The number of benzene rings is 1. The first kappa shape index (κ1) is 9.19. The molecule has 2 atom stereocenters. The summed E-state index contributed by atoms with van der Waals surface area (Å²) in [4.78, 5) is 10.6. The minimum atomic E-state index is -1.63. The summed E-state index contributed by atoms with van der Waals surface area (Å²) >= 11 is 0. The van der Waals surface area contributed by atoms with E-state index < -0.39 is 17.6 Å². The zero-order chi connectivity index (χ0) is 10.3. The van der Waals surface area contributed by atoms with Gasteiger partial charge >= 0.3 is 5.97 Å². The molecule has 0 aromatic heterocycles. The summed E-state index contributed by atoms with van der Waals surface area (Å²) in [6, 6.07) is 6.93. The zero-order valence-electron chi connectivity index (χ0n) is 7.83. The molecule has 1 N–H and O–H groups in total. The molecule has 2 nitrogen and oxygen atoms in total. The summed E-state index contributed by atoms with van der Waals surface area (Å²) in [5.41, 5.74) is -0.0973. The van der Waals surface area contributed by atoms with Gasteiger partial charge < -0.3 is 5.11 Å². The first-order valence-electron chi connectivity index (χ1n) is 4.53. The average Bonchev–Trinajstić information content (AvgIpc) is 2.80. The second kappa shape index (κ2) is 2.80. The molecule has 1 aliphatic carbocycles. The van der Waals surface area contributed by atoms with E-state index in [2.05, 4.69) is 0 Å². The molecule has 0 aliphatic heterocycles. The first-order valence-corrected chi connectivity index (χ1v) is 4.53. The molecule has 1 aromatic carbocycles. The molecule has 0 unspecified atom stereocenters. The van der Waals surface area contributed by atoms with Gasteiger partial charge in [0.2, 0.25) is 0 Å². The number of hydrogen-bond acceptors (Lipinski definition) is 1. The van der Waals surface area contributed by atoms with Crippen molar-refractivity contribution in [3.05, 3.63) is 35.4 Å². The van der Waals surface area contributed by atoms with E-state index in [1.165, 1.54) is 0 Å². The minimum Gasteiger partial charge on any atom is -0.481 e. The largest absolute Gasteiger partial charge is 0.481 e. The van der Waals surface area contributed by atoms with Crippen molar-refractivity contribution in [3.8, 4) is 0 Å². The van der Waals surface area contributed by atoms with E-state index in [9.17, 15) is 9.18 Å². The average molecular weight is 194 g/mol. The summed E-state index contributed by atoms with van der Waals surface area (Å²) in [7, 11) is 0. The molecule has 0 radical (unpaired) electrons. The van der Waals surface area contributed by atoms with Crippen LogP contribution in [0.15, 0.2) is 24.3 Å². The monoisotopic (exact) mass is 194 g/mol. The van der Waals surface area contributed by atoms with Gasteiger partial charge in [-0.25, -0.2) is 4.39 Å². The number of hydrogen-bond donors (Lipinski definition) is 1.